The molecule has 0 fully saturated rings. The Kier molecular flexibility index (Phi) is 9.50. The third-order valence-corrected chi connectivity index (χ3v) is 15.9. The number of nitrogens with zero attached hydrogens (tertiary/aromatic N) is 2. The van der Waals surface area contributed by atoms with Crippen LogP contribution < -0.4 is 4.90 Å². The van der Waals surface area contributed by atoms with Gasteiger partial charge in [-0.05, 0) is 115 Å². The zero-order valence-corrected chi connectivity index (χ0v) is 40.3. The van der Waals surface area contributed by atoms with Gasteiger partial charge in [0.05, 0.1) is 33.5 Å². The summed E-state index contributed by atoms with van der Waals surface area (Å²) in [6.07, 6.45) is 0. The molecule has 1 heterocycles. The summed E-state index contributed by atoms with van der Waals surface area (Å²) in [6, 6.07) is 99.3. The molecule has 1 spiro atoms. The summed E-state index contributed by atoms with van der Waals surface area (Å²) in [4.78, 5) is 2.55. The Morgan fingerprint density at radius 3 is 1.38 bits per heavy atom. The molecule has 0 saturated carbocycles. The minimum absolute atomic E-state index is 0.202. The monoisotopic (exact) mass is 918 g/mol. The zero-order valence-electron chi connectivity index (χ0n) is 40.3. The van der Waals surface area contributed by atoms with Crippen LogP contribution in [0.3, 0.4) is 0 Å². The Morgan fingerprint density at radius 1 is 0.306 bits per heavy atom. The summed E-state index contributed by atoms with van der Waals surface area (Å²) >= 11 is 0. The van der Waals surface area contributed by atoms with Gasteiger partial charge in [-0.1, -0.05) is 238 Å². The molecule has 2 nitrogen and oxygen atoms in total. The molecule has 0 amide bonds. The fourth-order valence-electron chi connectivity index (χ4n) is 12.9. The average molecular weight is 919 g/mol. The molecule has 0 unspecified atom stereocenters. The van der Waals surface area contributed by atoms with Crippen molar-refractivity contribution in [1.29, 1.82) is 0 Å². The fraction of sp³-hybridized carbons (Fsp3) is 0.0571. The number of hydrogen-bond donors (Lipinski definition) is 0. The molecule has 0 saturated heterocycles. The van der Waals surface area contributed by atoms with Crippen molar-refractivity contribution in [2.24, 2.45) is 0 Å². The topological polar surface area (TPSA) is 8.17 Å². The lowest BCUT2D eigenvalue weighted by Gasteiger charge is -2.46. The van der Waals surface area contributed by atoms with E-state index in [0.717, 1.165) is 28.3 Å². The molecule has 0 atom stereocenters. The molecule has 14 rings (SSSR count). The number of benzene rings is 11. The van der Waals surface area contributed by atoms with Gasteiger partial charge in [0.15, 0.2) is 0 Å². The molecule has 340 valence electrons. The largest absolute Gasteiger partial charge is 0.308 e. The van der Waals surface area contributed by atoms with E-state index in [0.29, 0.717) is 0 Å². The highest BCUT2D eigenvalue weighted by atomic mass is 15.2. The molecule has 12 aromatic rings. The van der Waals surface area contributed by atoms with E-state index in [1.54, 1.807) is 0 Å². The van der Waals surface area contributed by atoms with Crippen molar-refractivity contribution in [2.75, 3.05) is 4.90 Å². The lowest BCUT2D eigenvalue weighted by Crippen LogP contribution is -2.40. The van der Waals surface area contributed by atoms with E-state index in [-0.39, 0.29) is 5.41 Å². The van der Waals surface area contributed by atoms with Crippen LogP contribution in [0.25, 0.3) is 72.0 Å². The van der Waals surface area contributed by atoms with E-state index < -0.39 is 5.41 Å². The van der Waals surface area contributed by atoms with E-state index in [2.05, 4.69) is 290 Å². The van der Waals surface area contributed by atoms with Crippen LogP contribution in [0.5, 0.6) is 0 Å². The number of anilines is 3. The summed E-state index contributed by atoms with van der Waals surface area (Å²) < 4.78 is 2.47. The molecule has 1 aromatic heterocycles. The second-order valence-electron chi connectivity index (χ2n) is 19.9. The average Bonchev–Trinajstić information content (AvgIpc) is 3.94. The van der Waals surface area contributed by atoms with Crippen molar-refractivity contribution in [2.45, 2.75) is 24.7 Å². The van der Waals surface area contributed by atoms with E-state index in [4.69, 9.17) is 0 Å². The highest BCUT2D eigenvalue weighted by Gasteiger charge is 2.53. The first-order chi connectivity index (χ1) is 35.5. The summed E-state index contributed by atoms with van der Waals surface area (Å²) in [5.41, 5.74) is 23.6. The van der Waals surface area contributed by atoms with Gasteiger partial charge in [0.25, 0.3) is 0 Å². The van der Waals surface area contributed by atoms with Gasteiger partial charge in [0.1, 0.15) is 0 Å². The molecule has 0 radical (unpaired) electrons. The van der Waals surface area contributed by atoms with E-state index in [9.17, 15) is 0 Å². The second-order valence-corrected chi connectivity index (χ2v) is 19.9. The SMILES string of the molecule is CC1(C)c2ccccc2C2(c3ccccc3-c3ccc(N(c4ccccc4-c4ccccc4-c4ccccc4-c4ccccc4)c4ccccc4-n4c5ccccc5c5ccccc54)cc32)c2ccccc21. The smallest absolute Gasteiger partial charge is 0.0720 e. The molecule has 0 bridgehead atoms. The first-order valence-corrected chi connectivity index (χ1v) is 25.2. The van der Waals surface area contributed by atoms with Crippen molar-refractivity contribution >= 4 is 38.9 Å². The Balaban J connectivity index is 1.08. The van der Waals surface area contributed by atoms with Crippen molar-refractivity contribution in [3.63, 3.8) is 0 Å². The number of hydrogen-bond acceptors (Lipinski definition) is 1. The second kappa shape index (κ2) is 16.3. The predicted octanol–water partition coefficient (Wildman–Crippen LogP) is 18.3. The third kappa shape index (κ3) is 6.02. The van der Waals surface area contributed by atoms with Crippen LogP contribution in [0.2, 0.25) is 0 Å². The summed E-state index contributed by atoms with van der Waals surface area (Å²) in [6.45, 7) is 4.80. The maximum absolute atomic E-state index is 2.55. The molecular formula is C70H50N2. The minimum atomic E-state index is -0.560. The Morgan fingerprint density at radius 2 is 0.736 bits per heavy atom. The minimum Gasteiger partial charge on any atom is -0.308 e. The summed E-state index contributed by atoms with van der Waals surface area (Å²) in [7, 11) is 0. The highest BCUT2D eigenvalue weighted by molar-refractivity contribution is 6.10. The number of fused-ring (bicyclic) bond motifs is 12. The molecule has 2 heteroatoms. The maximum atomic E-state index is 2.55. The molecule has 11 aromatic carbocycles. The standard InChI is InChI=1S/C70H50N2/c1-69(2)59-35-15-17-37-61(59)70(62-38-18-16-36-60(62)69)58-34-14-10-30-53(58)54-45-44-48(46-63(54)70)71(67-42-22-23-43-68(67)72-65-40-20-12-32-56(65)57-33-13-21-41-66(57)72)64-39-19-11-31-55(64)52-29-9-8-28-51(52)50-27-7-6-26-49(50)47-24-4-3-5-25-47/h3-46H,1-2H3. The zero-order chi connectivity index (χ0) is 48.0. The van der Waals surface area contributed by atoms with E-state index >= 15 is 0 Å². The van der Waals surface area contributed by atoms with Crippen molar-refractivity contribution < 1.29 is 0 Å². The van der Waals surface area contributed by atoms with E-state index in [1.807, 2.05) is 0 Å². The summed E-state index contributed by atoms with van der Waals surface area (Å²) in [5.74, 6) is 0. The Hall–Kier alpha value is -8.98. The number of aromatic nitrogens is 1. The molecule has 0 aliphatic heterocycles. The van der Waals surface area contributed by atoms with Crippen LogP contribution in [0.4, 0.5) is 17.1 Å². The first kappa shape index (κ1) is 41.9. The van der Waals surface area contributed by atoms with Gasteiger partial charge in [0, 0.05) is 27.4 Å². The van der Waals surface area contributed by atoms with Crippen molar-refractivity contribution in [3.05, 3.63) is 300 Å². The van der Waals surface area contributed by atoms with Crippen molar-refractivity contribution in [1.82, 2.24) is 4.57 Å². The quantitative estimate of drug-likeness (QED) is 0.155. The van der Waals surface area contributed by atoms with Gasteiger partial charge in [-0.25, -0.2) is 0 Å². The van der Waals surface area contributed by atoms with E-state index in [1.165, 1.54) is 94.1 Å². The lowest BCUT2D eigenvalue weighted by atomic mass is 9.55. The fourth-order valence-corrected chi connectivity index (χ4v) is 12.9. The van der Waals surface area contributed by atoms with Crippen LogP contribution in [0.15, 0.2) is 267 Å². The van der Waals surface area contributed by atoms with Crippen molar-refractivity contribution in [3.8, 4) is 50.2 Å². The maximum Gasteiger partial charge on any atom is 0.0720 e. The van der Waals surface area contributed by atoms with Gasteiger partial charge in [-0.3, -0.25) is 0 Å². The van der Waals surface area contributed by atoms with Gasteiger partial charge >= 0.3 is 0 Å². The normalized spacial score (nSPS) is 13.6. The van der Waals surface area contributed by atoms with Crippen LogP contribution in [0, 0.1) is 0 Å². The Labute approximate surface area is 421 Å². The van der Waals surface area contributed by atoms with Gasteiger partial charge < -0.3 is 9.47 Å². The molecule has 72 heavy (non-hydrogen) atoms. The van der Waals surface area contributed by atoms with Gasteiger partial charge in [-0.15, -0.1) is 0 Å². The van der Waals surface area contributed by atoms with Crippen LogP contribution in [-0.4, -0.2) is 4.57 Å². The van der Waals surface area contributed by atoms with Gasteiger partial charge in [0.2, 0.25) is 0 Å². The lowest BCUT2D eigenvalue weighted by molar-refractivity contribution is 0.563. The predicted molar refractivity (Wildman–Crippen MR) is 301 cm³/mol. The number of rotatable bonds is 7. The first-order valence-electron chi connectivity index (χ1n) is 25.2. The highest BCUT2D eigenvalue weighted by Crippen LogP contribution is 2.63. The molecule has 2 aliphatic carbocycles. The number of para-hydroxylation sites is 5. The molecule has 0 N–H and O–H groups in total. The summed E-state index contributed by atoms with van der Waals surface area (Å²) in [5, 5.41) is 2.46. The van der Waals surface area contributed by atoms with Crippen LogP contribution in [0.1, 0.15) is 47.2 Å². The Bertz CT molecular complexity index is 3990. The molecular weight excluding hydrogens is 869 g/mol. The third-order valence-electron chi connectivity index (χ3n) is 15.9. The van der Waals surface area contributed by atoms with Gasteiger partial charge in [-0.2, -0.15) is 0 Å². The van der Waals surface area contributed by atoms with Crippen LogP contribution >= 0.6 is 0 Å². The van der Waals surface area contributed by atoms with Crippen LogP contribution in [-0.2, 0) is 10.8 Å². The molecule has 2 aliphatic rings.